The predicted molar refractivity (Wildman–Crippen MR) is 112 cm³/mol. The van der Waals surface area contributed by atoms with E-state index in [4.69, 9.17) is 4.74 Å². The standard InChI is InChI=1S/C22H22N4O3/c1-2-12-24-26-21(27)20(13-17-14-23-19-11-7-6-10-18(17)19)25-22(28)29-15-16-8-4-3-5-9-16/h2-12,14,20,23H,1,13,15H2,(H,25,28)(H,26,27)/b24-12+/t20-/m1/s1. The molecule has 7 heteroatoms. The summed E-state index contributed by atoms with van der Waals surface area (Å²) in [6, 6.07) is 16.2. The van der Waals surface area contributed by atoms with E-state index in [0.717, 1.165) is 22.0 Å². The molecule has 29 heavy (non-hydrogen) atoms. The van der Waals surface area contributed by atoms with E-state index in [9.17, 15) is 9.59 Å². The number of aromatic amines is 1. The molecule has 7 nitrogen and oxygen atoms in total. The second-order valence-corrected chi connectivity index (χ2v) is 6.31. The van der Waals surface area contributed by atoms with Gasteiger partial charge in [0.25, 0.3) is 5.91 Å². The highest BCUT2D eigenvalue weighted by Gasteiger charge is 2.23. The SMILES string of the molecule is C=C/C=N/NC(=O)[C@@H](Cc1c[nH]c2ccccc12)NC(=O)OCc1ccccc1. The van der Waals surface area contributed by atoms with E-state index >= 15 is 0 Å². The number of allylic oxidation sites excluding steroid dienone is 1. The van der Waals surface area contributed by atoms with Crippen molar-refractivity contribution in [3.8, 4) is 0 Å². The number of aromatic nitrogens is 1. The maximum atomic E-state index is 12.6. The number of hydrogen-bond acceptors (Lipinski definition) is 4. The predicted octanol–water partition coefficient (Wildman–Crippen LogP) is 3.29. The van der Waals surface area contributed by atoms with Crippen LogP contribution in [-0.4, -0.2) is 29.2 Å². The summed E-state index contributed by atoms with van der Waals surface area (Å²) in [5.74, 6) is -0.454. The summed E-state index contributed by atoms with van der Waals surface area (Å²) in [6.45, 7) is 3.62. The van der Waals surface area contributed by atoms with Gasteiger partial charge in [-0.1, -0.05) is 55.1 Å². The Kier molecular flexibility index (Phi) is 6.78. The van der Waals surface area contributed by atoms with Crippen LogP contribution in [0.4, 0.5) is 4.79 Å². The summed E-state index contributed by atoms with van der Waals surface area (Å²) >= 11 is 0. The number of fused-ring (bicyclic) bond motifs is 1. The maximum absolute atomic E-state index is 12.6. The average molecular weight is 390 g/mol. The van der Waals surface area contributed by atoms with Crippen molar-refractivity contribution in [2.75, 3.05) is 0 Å². The van der Waals surface area contributed by atoms with E-state index in [1.165, 1.54) is 12.3 Å². The first-order chi connectivity index (χ1) is 14.2. The van der Waals surface area contributed by atoms with Crippen molar-refractivity contribution in [3.63, 3.8) is 0 Å². The Hall–Kier alpha value is -3.87. The van der Waals surface area contributed by atoms with Crippen LogP contribution in [0, 0.1) is 0 Å². The fraction of sp³-hybridized carbons (Fsp3) is 0.136. The Morgan fingerprint density at radius 1 is 1.14 bits per heavy atom. The number of hydrogen-bond donors (Lipinski definition) is 3. The Morgan fingerprint density at radius 2 is 1.90 bits per heavy atom. The molecule has 3 N–H and O–H groups in total. The van der Waals surface area contributed by atoms with Gasteiger partial charge in [0.1, 0.15) is 12.6 Å². The Morgan fingerprint density at radius 3 is 2.69 bits per heavy atom. The van der Waals surface area contributed by atoms with Crippen LogP contribution in [-0.2, 0) is 22.6 Å². The van der Waals surface area contributed by atoms with Gasteiger partial charge in [0, 0.05) is 29.7 Å². The minimum absolute atomic E-state index is 0.114. The smallest absolute Gasteiger partial charge is 0.408 e. The van der Waals surface area contributed by atoms with Gasteiger partial charge < -0.3 is 15.0 Å². The van der Waals surface area contributed by atoms with Crippen LogP contribution >= 0.6 is 0 Å². The first kappa shape index (κ1) is 19.9. The third-order valence-corrected chi connectivity index (χ3v) is 4.27. The van der Waals surface area contributed by atoms with Crippen molar-refractivity contribution in [2.24, 2.45) is 5.10 Å². The number of carbonyl (C=O) groups excluding carboxylic acids is 2. The highest BCUT2D eigenvalue weighted by molar-refractivity contribution is 5.88. The highest BCUT2D eigenvalue weighted by Crippen LogP contribution is 2.19. The Bertz CT molecular complexity index is 1010. The molecule has 0 unspecified atom stereocenters. The molecule has 0 aliphatic carbocycles. The van der Waals surface area contributed by atoms with Gasteiger partial charge in [-0.25, -0.2) is 10.2 Å². The fourth-order valence-corrected chi connectivity index (χ4v) is 2.87. The molecule has 0 saturated carbocycles. The molecule has 1 atom stereocenters. The molecule has 0 spiro atoms. The van der Waals surface area contributed by atoms with Gasteiger partial charge in [0.2, 0.25) is 0 Å². The number of carbonyl (C=O) groups is 2. The van der Waals surface area contributed by atoms with Crippen molar-refractivity contribution in [1.82, 2.24) is 15.7 Å². The monoisotopic (exact) mass is 390 g/mol. The van der Waals surface area contributed by atoms with Crippen molar-refractivity contribution in [3.05, 3.63) is 84.6 Å². The molecular weight excluding hydrogens is 368 g/mol. The van der Waals surface area contributed by atoms with Gasteiger partial charge in [-0.3, -0.25) is 4.79 Å². The molecule has 3 aromatic rings. The van der Waals surface area contributed by atoms with Crippen LogP contribution in [0.25, 0.3) is 10.9 Å². The lowest BCUT2D eigenvalue weighted by atomic mass is 10.0. The van der Waals surface area contributed by atoms with E-state index in [0.29, 0.717) is 0 Å². The topological polar surface area (TPSA) is 95.6 Å². The molecule has 0 bridgehead atoms. The number of ether oxygens (including phenoxy) is 1. The molecule has 0 radical (unpaired) electrons. The third-order valence-electron chi connectivity index (χ3n) is 4.27. The van der Waals surface area contributed by atoms with Crippen LogP contribution < -0.4 is 10.7 Å². The molecular formula is C22H22N4O3. The lowest BCUT2D eigenvalue weighted by molar-refractivity contribution is -0.123. The quantitative estimate of drug-likeness (QED) is 0.407. The molecule has 3 rings (SSSR count). The summed E-state index contributed by atoms with van der Waals surface area (Å²) in [7, 11) is 0. The lowest BCUT2D eigenvalue weighted by Crippen LogP contribution is -2.47. The second-order valence-electron chi connectivity index (χ2n) is 6.31. The number of para-hydroxylation sites is 1. The van der Waals surface area contributed by atoms with Crippen molar-refractivity contribution < 1.29 is 14.3 Å². The molecule has 0 aliphatic heterocycles. The molecule has 2 aromatic carbocycles. The van der Waals surface area contributed by atoms with E-state index in [2.05, 4.69) is 27.4 Å². The minimum atomic E-state index is -0.862. The first-order valence-electron chi connectivity index (χ1n) is 9.13. The van der Waals surface area contributed by atoms with Gasteiger partial charge in [-0.15, -0.1) is 0 Å². The van der Waals surface area contributed by atoms with Gasteiger partial charge in [-0.05, 0) is 23.3 Å². The molecule has 0 fully saturated rings. The number of amides is 2. The van der Waals surface area contributed by atoms with Gasteiger partial charge in [-0.2, -0.15) is 5.10 Å². The summed E-state index contributed by atoms with van der Waals surface area (Å²) < 4.78 is 5.25. The number of H-pyrrole nitrogens is 1. The van der Waals surface area contributed by atoms with Crippen molar-refractivity contribution in [2.45, 2.75) is 19.1 Å². The molecule has 2 amide bonds. The van der Waals surface area contributed by atoms with Crippen LogP contribution in [0.1, 0.15) is 11.1 Å². The van der Waals surface area contributed by atoms with Crippen molar-refractivity contribution >= 4 is 29.1 Å². The van der Waals surface area contributed by atoms with E-state index in [1.54, 1.807) is 0 Å². The summed E-state index contributed by atoms with van der Waals surface area (Å²) in [5, 5.41) is 7.38. The number of rotatable bonds is 8. The normalized spacial score (nSPS) is 11.9. The number of nitrogens with zero attached hydrogens (tertiary/aromatic N) is 1. The molecule has 148 valence electrons. The Balaban J connectivity index is 1.70. The lowest BCUT2D eigenvalue weighted by Gasteiger charge is -2.17. The number of nitrogens with one attached hydrogen (secondary N) is 3. The van der Waals surface area contributed by atoms with Gasteiger partial charge >= 0.3 is 6.09 Å². The molecule has 0 aliphatic rings. The zero-order chi connectivity index (χ0) is 20.5. The summed E-state index contributed by atoms with van der Waals surface area (Å²) in [5.41, 5.74) is 5.12. The first-order valence-corrected chi connectivity index (χ1v) is 9.13. The minimum Gasteiger partial charge on any atom is -0.445 e. The van der Waals surface area contributed by atoms with E-state index in [-0.39, 0.29) is 13.0 Å². The van der Waals surface area contributed by atoms with Crippen LogP contribution in [0.5, 0.6) is 0 Å². The zero-order valence-electron chi connectivity index (χ0n) is 15.8. The number of benzene rings is 2. The number of alkyl carbamates (subject to hydrolysis) is 1. The van der Waals surface area contributed by atoms with Crippen LogP contribution in [0.2, 0.25) is 0 Å². The third kappa shape index (κ3) is 5.55. The van der Waals surface area contributed by atoms with Crippen LogP contribution in [0.15, 0.2) is 78.6 Å². The molecule has 1 heterocycles. The second kappa shape index (κ2) is 9.89. The van der Waals surface area contributed by atoms with Crippen LogP contribution in [0.3, 0.4) is 0 Å². The van der Waals surface area contributed by atoms with E-state index in [1.807, 2.05) is 60.8 Å². The fourth-order valence-electron chi connectivity index (χ4n) is 2.87. The molecule has 1 aromatic heterocycles. The van der Waals surface area contributed by atoms with Gasteiger partial charge in [0.15, 0.2) is 0 Å². The maximum Gasteiger partial charge on any atom is 0.408 e. The largest absolute Gasteiger partial charge is 0.445 e. The number of hydrazone groups is 1. The van der Waals surface area contributed by atoms with Crippen molar-refractivity contribution in [1.29, 1.82) is 0 Å². The average Bonchev–Trinajstić information content (AvgIpc) is 3.15. The van der Waals surface area contributed by atoms with Gasteiger partial charge in [0.05, 0.1) is 0 Å². The summed E-state index contributed by atoms with van der Waals surface area (Å²) in [6.07, 6.45) is 4.22. The summed E-state index contributed by atoms with van der Waals surface area (Å²) in [4.78, 5) is 28.0. The molecule has 0 saturated heterocycles. The Labute approximate surface area is 168 Å². The van der Waals surface area contributed by atoms with E-state index < -0.39 is 18.0 Å². The highest BCUT2D eigenvalue weighted by atomic mass is 16.5. The zero-order valence-corrected chi connectivity index (χ0v) is 15.8.